The molecule has 0 spiro atoms. The Morgan fingerprint density at radius 2 is 1.92 bits per heavy atom. The summed E-state index contributed by atoms with van der Waals surface area (Å²) >= 11 is 0. The molecule has 4 rings (SSSR count). The Kier molecular flexibility index (Phi) is 4.50. The van der Waals surface area contributed by atoms with Gasteiger partial charge >= 0.3 is 0 Å². The fourth-order valence-electron chi connectivity index (χ4n) is 3.39. The van der Waals surface area contributed by atoms with Crippen LogP contribution in [0.4, 0.5) is 0 Å². The Labute approximate surface area is 151 Å². The van der Waals surface area contributed by atoms with Crippen LogP contribution in [0.3, 0.4) is 0 Å². The Morgan fingerprint density at radius 3 is 2.62 bits per heavy atom. The van der Waals surface area contributed by atoms with E-state index in [0.29, 0.717) is 18.4 Å². The average Bonchev–Trinajstić information content (AvgIpc) is 3.19. The minimum absolute atomic E-state index is 0.173. The number of nitrogens with one attached hydrogen (secondary N) is 1. The third-order valence-corrected chi connectivity index (χ3v) is 4.81. The predicted octanol–water partition coefficient (Wildman–Crippen LogP) is 2.51. The summed E-state index contributed by atoms with van der Waals surface area (Å²) in [6, 6.07) is 14.6. The van der Waals surface area contributed by atoms with Crippen molar-refractivity contribution >= 4 is 5.91 Å². The van der Waals surface area contributed by atoms with E-state index < -0.39 is 0 Å². The third-order valence-electron chi connectivity index (χ3n) is 4.81. The summed E-state index contributed by atoms with van der Waals surface area (Å²) in [7, 11) is 0. The topological polar surface area (TPSA) is 80.0 Å². The van der Waals surface area contributed by atoms with Gasteiger partial charge in [0.15, 0.2) is 0 Å². The Hall–Kier alpha value is -2.99. The molecule has 0 radical (unpaired) electrons. The summed E-state index contributed by atoms with van der Waals surface area (Å²) < 4.78 is 1.68. The number of nitrogens with zero attached hydrogens (tertiary/aromatic N) is 3. The number of aliphatic hydroxyl groups is 1. The minimum atomic E-state index is -0.292. The predicted molar refractivity (Wildman–Crippen MR) is 96.7 cm³/mol. The zero-order chi connectivity index (χ0) is 17.9. The number of carbonyl (C=O) groups is 1. The molecule has 1 aromatic carbocycles. The number of pyridine rings is 1. The summed E-state index contributed by atoms with van der Waals surface area (Å²) in [6.45, 7) is 0. The Morgan fingerprint density at radius 1 is 1.12 bits per heavy atom. The molecule has 2 aromatic heterocycles. The number of carbonyl (C=O) groups excluding carboxylic acids is 1. The van der Waals surface area contributed by atoms with Crippen LogP contribution < -0.4 is 5.32 Å². The number of amides is 1. The van der Waals surface area contributed by atoms with Gasteiger partial charge in [-0.05, 0) is 49.1 Å². The van der Waals surface area contributed by atoms with Crippen molar-refractivity contribution in [2.45, 2.75) is 25.0 Å². The molecule has 132 valence electrons. The lowest BCUT2D eigenvalue weighted by Crippen LogP contribution is -2.42. The average molecular weight is 348 g/mol. The minimum Gasteiger partial charge on any atom is -0.393 e. The van der Waals surface area contributed by atoms with E-state index in [9.17, 15) is 9.90 Å². The maximum atomic E-state index is 13.0. The van der Waals surface area contributed by atoms with E-state index in [2.05, 4.69) is 15.4 Å². The quantitative estimate of drug-likeness (QED) is 0.742. The van der Waals surface area contributed by atoms with Crippen LogP contribution in [-0.2, 0) is 0 Å². The number of benzene rings is 1. The van der Waals surface area contributed by atoms with Gasteiger partial charge in [-0.1, -0.05) is 18.2 Å². The highest BCUT2D eigenvalue weighted by Crippen LogP contribution is 2.37. The first kappa shape index (κ1) is 16.5. The first-order valence-corrected chi connectivity index (χ1v) is 8.71. The smallest absolute Gasteiger partial charge is 0.254 e. The second kappa shape index (κ2) is 7.09. The van der Waals surface area contributed by atoms with Gasteiger partial charge in [-0.25, -0.2) is 4.68 Å². The van der Waals surface area contributed by atoms with Gasteiger partial charge in [0.1, 0.15) is 0 Å². The van der Waals surface area contributed by atoms with E-state index in [-0.39, 0.29) is 24.0 Å². The molecule has 1 aliphatic rings. The molecule has 0 aliphatic heterocycles. The molecular weight excluding hydrogens is 328 g/mol. The van der Waals surface area contributed by atoms with Crippen molar-refractivity contribution in [3.8, 4) is 5.69 Å². The lowest BCUT2D eigenvalue weighted by atomic mass is 9.76. The molecule has 6 nitrogen and oxygen atoms in total. The second-order valence-electron chi connectivity index (χ2n) is 6.56. The SMILES string of the molecule is O=C(NC(c1ccccn1)C1CC(O)C1)c1ccccc1-n1cccn1. The van der Waals surface area contributed by atoms with Crippen LogP contribution >= 0.6 is 0 Å². The zero-order valence-corrected chi connectivity index (χ0v) is 14.2. The van der Waals surface area contributed by atoms with Gasteiger partial charge in [-0.2, -0.15) is 5.10 Å². The van der Waals surface area contributed by atoms with Gasteiger partial charge in [0.2, 0.25) is 0 Å². The van der Waals surface area contributed by atoms with Crippen LogP contribution in [-0.4, -0.2) is 31.9 Å². The van der Waals surface area contributed by atoms with E-state index in [4.69, 9.17) is 0 Å². The maximum absolute atomic E-state index is 13.0. The first-order chi connectivity index (χ1) is 12.7. The van der Waals surface area contributed by atoms with Crippen LogP contribution in [0.2, 0.25) is 0 Å². The maximum Gasteiger partial charge on any atom is 0.254 e. The standard InChI is InChI=1S/C20H20N4O2/c25-15-12-14(13-15)19(17-7-3-4-9-21-17)23-20(26)16-6-1-2-8-18(16)24-11-5-10-22-24/h1-11,14-15,19,25H,12-13H2,(H,23,26). The number of aliphatic hydroxyl groups excluding tert-OH is 1. The van der Waals surface area contributed by atoms with E-state index >= 15 is 0 Å². The Bertz CT molecular complexity index is 874. The van der Waals surface area contributed by atoms with Crippen molar-refractivity contribution in [2.24, 2.45) is 5.92 Å². The number of aromatic nitrogens is 3. The second-order valence-corrected chi connectivity index (χ2v) is 6.56. The van der Waals surface area contributed by atoms with Crippen LogP contribution in [0, 0.1) is 5.92 Å². The third kappa shape index (κ3) is 3.23. The molecule has 0 saturated heterocycles. The van der Waals surface area contributed by atoms with Crippen molar-refractivity contribution in [1.82, 2.24) is 20.1 Å². The fraction of sp³-hybridized carbons (Fsp3) is 0.250. The molecular formula is C20H20N4O2. The highest BCUT2D eigenvalue weighted by Gasteiger charge is 2.36. The number of para-hydroxylation sites is 1. The summed E-state index contributed by atoms with van der Waals surface area (Å²) in [4.78, 5) is 17.4. The van der Waals surface area contributed by atoms with Gasteiger partial charge in [0, 0.05) is 18.6 Å². The van der Waals surface area contributed by atoms with Gasteiger partial charge in [0.05, 0.1) is 29.1 Å². The van der Waals surface area contributed by atoms with Gasteiger partial charge in [-0.15, -0.1) is 0 Å². The molecule has 26 heavy (non-hydrogen) atoms. The molecule has 6 heteroatoms. The summed E-state index contributed by atoms with van der Waals surface area (Å²) in [5.41, 5.74) is 2.09. The lowest BCUT2D eigenvalue weighted by molar-refractivity contribution is 0.0228. The first-order valence-electron chi connectivity index (χ1n) is 8.71. The molecule has 0 bridgehead atoms. The summed E-state index contributed by atoms with van der Waals surface area (Å²) in [5, 5.41) is 17.0. The molecule has 1 amide bonds. The molecule has 1 unspecified atom stereocenters. The Balaban J connectivity index is 1.62. The summed E-state index contributed by atoms with van der Waals surface area (Å²) in [6.07, 6.45) is 6.26. The molecule has 1 fully saturated rings. The normalized spacial score (nSPS) is 20.2. The van der Waals surface area contributed by atoms with Crippen molar-refractivity contribution < 1.29 is 9.90 Å². The number of hydrogen-bond donors (Lipinski definition) is 2. The van der Waals surface area contributed by atoms with Crippen LogP contribution in [0.5, 0.6) is 0 Å². The zero-order valence-electron chi connectivity index (χ0n) is 14.2. The highest BCUT2D eigenvalue weighted by molar-refractivity contribution is 5.98. The molecule has 2 heterocycles. The van der Waals surface area contributed by atoms with Crippen molar-refractivity contribution in [3.63, 3.8) is 0 Å². The molecule has 2 N–H and O–H groups in total. The molecule has 3 aromatic rings. The van der Waals surface area contributed by atoms with Crippen LogP contribution in [0.15, 0.2) is 67.1 Å². The summed E-state index contributed by atoms with van der Waals surface area (Å²) in [5.74, 6) is 0.00820. The van der Waals surface area contributed by atoms with Crippen LogP contribution in [0.1, 0.15) is 34.9 Å². The molecule has 1 aliphatic carbocycles. The molecule has 1 atom stereocenters. The van der Waals surface area contributed by atoms with Gasteiger partial charge < -0.3 is 10.4 Å². The van der Waals surface area contributed by atoms with Crippen molar-refractivity contribution in [2.75, 3.05) is 0 Å². The van der Waals surface area contributed by atoms with E-state index in [0.717, 1.165) is 11.4 Å². The fourth-order valence-corrected chi connectivity index (χ4v) is 3.39. The number of hydrogen-bond acceptors (Lipinski definition) is 4. The highest BCUT2D eigenvalue weighted by atomic mass is 16.3. The van der Waals surface area contributed by atoms with Crippen molar-refractivity contribution in [1.29, 1.82) is 0 Å². The monoisotopic (exact) mass is 348 g/mol. The van der Waals surface area contributed by atoms with E-state index in [1.54, 1.807) is 23.1 Å². The van der Waals surface area contributed by atoms with Crippen LogP contribution in [0.25, 0.3) is 5.69 Å². The van der Waals surface area contributed by atoms with E-state index in [1.165, 1.54) is 0 Å². The largest absolute Gasteiger partial charge is 0.393 e. The lowest BCUT2D eigenvalue weighted by Gasteiger charge is -2.37. The number of rotatable bonds is 5. The molecule has 1 saturated carbocycles. The van der Waals surface area contributed by atoms with Gasteiger partial charge in [0.25, 0.3) is 5.91 Å². The van der Waals surface area contributed by atoms with E-state index in [1.807, 2.05) is 48.7 Å². The van der Waals surface area contributed by atoms with Crippen molar-refractivity contribution in [3.05, 3.63) is 78.4 Å². The van der Waals surface area contributed by atoms with Gasteiger partial charge in [-0.3, -0.25) is 9.78 Å².